The molecule has 0 aromatic heterocycles. The van der Waals surface area contributed by atoms with Gasteiger partial charge in [-0.05, 0) is 20.9 Å². The van der Waals surface area contributed by atoms with Crippen LogP contribution in [0.5, 0.6) is 0 Å². The average Bonchev–Trinajstić information content (AvgIpc) is 2.25. The highest BCUT2D eigenvalue weighted by atomic mass is 19.4. The van der Waals surface area contributed by atoms with Gasteiger partial charge in [0.1, 0.15) is 0 Å². The third-order valence-electron chi connectivity index (χ3n) is 3.04. The summed E-state index contributed by atoms with van der Waals surface area (Å²) in [6.07, 6.45) is -7.29. The van der Waals surface area contributed by atoms with Gasteiger partial charge in [-0.3, -0.25) is 9.69 Å². The predicted molar refractivity (Wildman–Crippen MR) is 66.1 cm³/mol. The van der Waals surface area contributed by atoms with E-state index in [-0.39, 0.29) is 24.7 Å². The lowest BCUT2D eigenvalue weighted by molar-refractivity contribution is -0.207. The molecule has 1 rings (SSSR count). The van der Waals surface area contributed by atoms with Crippen molar-refractivity contribution in [2.75, 3.05) is 33.2 Å². The second-order valence-electron chi connectivity index (χ2n) is 5.31. The fraction of sp³-hybridized carbons (Fsp3) is 0.917. The highest BCUT2D eigenvalue weighted by Crippen LogP contribution is 2.20. The van der Waals surface area contributed by atoms with Gasteiger partial charge < -0.3 is 14.7 Å². The SMILES string of the molecule is CC1CN(C(=O)CN(C)CC(O)C(F)(F)F)CC(C)O1. The van der Waals surface area contributed by atoms with Gasteiger partial charge in [-0.2, -0.15) is 13.2 Å². The number of alkyl halides is 3. The molecular formula is C12H21F3N2O3. The maximum absolute atomic E-state index is 12.2. The van der Waals surface area contributed by atoms with Crippen LogP contribution in [-0.4, -0.2) is 78.5 Å². The molecule has 1 N–H and O–H groups in total. The van der Waals surface area contributed by atoms with Gasteiger partial charge in [-0.1, -0.05) is 0 Å². The minimum Gasteiger partial charge on any atom is -0.382 e. The van der Waals surface area contributed by atoms with E-state index in [2.05, 4.69) is 0 Å². The van der Waals surface area contributed by atoms with E-state index in [4.69, 9.17) is 9.84 Å². The Labute approximate surface area is 116 Å². The second kappa shape index (κ2) is 6.73. The smallest absolute Gasteiger partial charge is 0.382 e. The molecule has 3 unspecified atom stereocenters. The van der Waals surface area contributed by atoms with Gasteiger partial charge in [0.25, 0.3) is 0 Å². The molecule has 0 saturated carbocycles. The monoisotopic (exact) mass is 298 g/mol. The molecule has 118 valence electrons. The van der Waals surface area contributed by atoms with Gasteiger partial charge in [0, 0.05) is 19.6 Å². The maximum Gasteiger partial charge on any atom is 0.415 e. The standard InChI is InChI=1S/C12H21F3N2O3/c1-8-4-17(5-9(2)20-8)11(19)7-16(3)6-10(18)12(13,14)15/h8-10,18H,4-7H2,1-3H3. The van der Waals surface area contributed by atoms with Gasteiger partial charge in [0.05, 0.1) is 18.8 Å². The number of amides is 1. The quantitative estimate of drug-likeness (QED) is 0.820. The lowest BCUT2D eigenvalue weighted by Gasteiger charge is -2.36. The highest BCUT2D eigenvalue weighted by molar-refractivity contribution is 5.78. The number of hydrogen-bond acceptors (Lipinski definition) is 4. The first-order valence-corrected chi connectivity index (χ1v) is 6.46. The lowest BCUT2D eigenvalue weighted by Crippen LogP contribution is -2.51. The van der Waals surface area contributed by atoms with Crippen molar-refractivity contribution in [3.05, 3.63) is 0 Å². The minimum absolute atomic E-state index is 0.0891. The van der Waals surface area contributed by atoms with Crippen molar-refractivity contribution in [1.82, 2.24) is 9.80 Å². The number of rotatable bonds is 4. The number of carbonyl (C=O) groups is 1. The molecule has 0 aromatic rings. The molecule has 0 aliphatic carbocycles. The van der Waals surface area contributed by atoms with Crippen molar-refractivity contribution < 1.29 is 27.8 Å². The van der Waals surface area contributed by atoms with E-state index in [0.717, 1.165) is 0 Å². The van der Waals surface area contributed by atoms with E-state index in [1.54, 1.807) is 4.90 Å². The molecule has 1 saturated heterocycles. The zero-order chi connectivity index (χ0) is 15.5. The van der Waals surface area contributed by atoms with Gasteiger partial charge in [0.15, 0.2) is 6.10 Å². The summed E-state index contributed by atoms with van der Waals surface area (Å²) in [7, 11) is 1.38. The Morgan fingerprint density at radius 2 is 1.90 bits per heavy atom. The molecule has 1 fully saturated rings. The Kier molecular flexibility index (Phi) is 5.79. The normalized spacial score (nSPS) is 25.9. The van der Waals surface area contributed by atoms with Crippen molar-refractivity contribution in [2.24, 2.45) is 0 Å². The van der Waals surface area contributed by atoms with Crippen molar-refractivity contribution in [3.63, 3.8) is 0 Å². The summed E-state index contributed by atoms with van der Waals surface area (Å²) in [5.74, 6) is -0.260. The molecule has 3 atom stereocenters. The van der Waals surface area contributed by atoms with E-state index in [0.29, 0.717) is 13.1 Å². The fourth-order valence-electron chi connectivity index (χ4n) is 2.18. The molecular weight excluding hydrogens is 277 g/mol. The number of ether oxygens (including phenoxy) is 1. The highest BCUT2D eigenvalue weighted by Gasteiger charge is 2.39. The van der Waals surface area contributed by atoms with Crippen molar-refractivity contribution in [3.8, 4) is 0 Å². The van der Waals surface area contributed by atoms with Crippen LogP contribution in [0.3, 0.4) is 0 Å². The number of aliphatic hydroxyl groups excluding tert-OH is 1. The first kappa shape index (κ1) is 17.2. The Bertz CT molecular complexity index is 328. The summed E-state index contributed by atoms with van der Waals surface area (Å²) in [6.45, 7) is 3.76. The summed E-state index contributed by atoms with van der Waals surface area (Å²) >= 11 is 0. The maximum atomic E-state index is 12.2. The molecule has 0 aromatic carbocycles. The number of carbonyl (C=O) groups excluding carboxylic acids is 1. The summed E-state index contributed by atoms with van der Waals surface area (Å²) in [6, 6.07) is 0. The second-order valence-corrected chi connectivity index (χ2v) is 5.31. The van der Waals surface area contributed by atoms with Crippen LogP contribution in [0.4, 0.5) is 13.2 Å². The average molecular weight is 298 g/mol. The van der Waals surface area contributed by atoms with Gasteiger partial charge >= 0.3 is 6.18 Å². The van der Waals surface area contributed by atoms with E-state index >= 15 is 0 Å². The molecule has 20 heavy (non-hydrogen) atoms. The summed E-state index contributed by atoms with van der Waals surface area (Å²) in [5, 5.41) is 8.95. The van der Waals surface area contributed by atoms with Gasteiger partial charge in [-0.15, -0.1) is 0 Å². The first-order chi connectivity index (χ1) is 9.09. The summed E-state index contributed by atoms with van der Waals surface area (Å²) in [5.41, 5.74) is 0. The molecule has 1 heterocycles. The Morgan fingerprint density at radius 3 is 2.35 bits per heavy atom. The Hall–Kier alpha value is -0.860. The van der Waals surface area contributed by atoms with Crippen LogP contribution in [-0.2, 0) is 9.53 Å². The van der Waals surface area contributed by atoms with Crippen LogP contribution in [0.2, 0.25) is 0 Å². The van der Waals surface area contributed by atoms with E-state index in [1.165, 1.54) is 11.9 Å². The van der Waals surface area contributed by atoms with Crippen molar-refractivity contribution in [1.29, 1.82) is 0 Å². The fourth-order valence-corrected chi connectivity index (χ4v) is 2.18. The summed E-state index contributed by atoms with van der Waals surface area (Å²) in [4.78, 5) is 14.7. The third kappa shape index (κ3) is 5.26. The molecule has 1 amide bonds. The van der Waals surface area contributed by atoms with Crippen LogP contribution in [0.1, 0.15) is 13.8 Å². The zero-order valence-electron chi connectivity index (χ0n) is 11.9. The van der Waals surface area contributed by atoms with Crippen molar-refractivity contribution >= 4 is 5.91 Å². The summed E-state index contributed by atoms with van der Waals surface area (Å²) < 4.78 is 42.1. The molecule has 5 nitrogen and oxygen atoms in total. The molecule has 0 spiro atoms. The largest absolute Gasteiger partial charge is 0.415 e. The molecule has 1 aliphatic heterocycles. The van der Waals surface area contributed by atoms with Gasteiger partial charge in [-0.25, -0.2) is 0 Å². The first-order valence-electron chi connectivity index (χ1n) is 6.46. The number of nitrogens with zero attached hydrogens (tertiary/aromatic N) is 2. The number of likely N-dealkylation sites (N-methyl/N-ethyl adjacent to an activating group) is 1. The van der Waals surface area contributed by atoms with E-state index in [9.17, 15) is 18.0 Å². The third-order valence-corrected chi connectivity index (χ3v) is 3.04. The zero-order valence-corrected chi connectivity index (χ0v) is 11.9. The number of morpholine rings is 1. The minimum atomic E-state index is -4.67. The molecule has 0 radical (unpaired) electrons. The van der Waals surface area contributed by atoms with Gasteiger partial charge in [0.2, 0.25) is 5.91 Å². The topological polar surface area (TPSA) is 53.0 Å². The Balaban J connectivity index is 2.45. The predicted octanol–water partition coefficient (Wildman–Crippen LogP) is 0.477. The van der Waals surface area contributed by atoms with Crippen LogP contribution in [0.15, 0.2) is 0 Å². The number of hydrogen-bond donors (Lipinski definition) is 1. The van der Waals surface area contributed by atoms with Crippen LogP contribution in [0, 0.1) is 0 Å². The lowest BCUT2D eigenvalue weighted by atomic mass is 10.2. The Morgan fingerprint density at radius 1 is 1.40 bits per heavy atom. The molecule has 1 aliphatic rings. The van der Waals surface area contributed by atoms with E-state index < -0.39 is 18.8 Å². The molecule has 0 bridgehead atoms. The number of halogens is 3. The van der Waals surface area contributed by atoms with Crippen LogP contribution in [0.25, 0.3) is 0 Å². The molecule has 8 heteroatoms. The van der Waals surface area contributed by atoms with Crippen LogP contribution >= 0.6 is 0 Å². The van der Waals surface area contributed by atoms with Crippen LogP contribution < -0.4 is 0 Å². The van der Waals surface area contributed by atoms with Crippen molar-refractivity contribution in [2.45, 2.75) is 38.3 Å². The van der Waals surface area contributed by atoms with E-state index in [1.807, 2.05) is 13.8 Å². The number of aliphatic hydroxyl groups is 1.